The minimum atomic E-state index is 0.518. The first kappa shape index (κ1) is 16.4. The zero-order chi connectivity index (χ0) is 15.9. The molecular weight excluding hydrogens is 272 g/mol. The normalized spacial score (nSPS) is 13.5. The van der Waals surface area contributed by atoms with E-state index in [1.54, 1.807) is 14.2 Å². The maximum absolute atomic E-state index is 5.27. The van der Waals surface area contributed by atoms with Crippen LogP contribution >= 0.6 is 0 Å². The van der Waals surface area contributed by atoms with Gasteiger partial charge in [0.15, 0.2) is 0 Å². The molecule has 2 atom stereocenters. The van der Waals surface area contributed by atoms with Gasteiger partial charge in [0, 0.05) is 0 Å². The van der Waals surface area contributed by atoms with E-state index in [1.165, 1.54) is 11.1 Å². The summed E-state index contributed by atoms with van der Waals surface area (Å²) in [5.74, 6) is 2.86. The van der Waals surface area contributed by atoms with Crippen molar-refractivity contribution in [3.63, 3.8) is 0 Å². The summed E-state index contributed by atoms with van der Waals surface area (Å²) in [5.41, 5.74) is 2.76. The van der Waals surface area contributed by atoms with Gasteiger partial charge in [0.1, 0.15) is 11.5 Å². The fourth-order valence-corrected chi connectivity index (χ4v) is 3.21. The second-order valence-corrected chi connectivity index (χ2v) is 5.58. The minimum absolute atomic E-state index is 0.518. The predicted octanol–water partition coefficient (Wildman–Crippen LogP) is 5.39. The quantitative estimate of drug-likeness (QED) is 0.682. The molecule has 0 radical (unpaired) electrons. The average Bonchev–Trinajstić information content (AvgIpc) is 2.60. The van der Waals surface area contributed by atoms with Gasteiger partial charge in [-0.15, -0.1) is 0 Å². The van der Waals surface area contributed by atoms with Crippen molar-refractivity contribution in [2.45, 2.75) is 38.5 Å². The Morgan fingerprint density at radius 1 is 0.636 bits per heavy atom. The van der Waals surface area contributed by atoms with Gasteiger partial charge in [0.25, 0.3) is 0 Å². The molecule has 0 fully saturated rings. The van der Waals surface area contributed by atoms with Crippen LogP contribution in [-0.2, 0) is 0 Å². The Bertz CT molecular complexity index is 504. The van der Waals surface area contributed by atoms with E-state index in [0.29, 0.717) is 11.8 Å². The van der Waals surface area contributed by atoms with Crippen LogP contribution in [0.3, 0.4) is 0 Å². The van der Waals surface area contributed by atoms with Crippen molar-refractivity contribution >= 4 is 0 Å². The third kappa shape index (κ3) is 3.62. The molecule has 2 nitrogen and oxygen atoms in total. The van der Waals surface area contributed by atoms with Crippen LogP contribution in [0.25, 0.3) is 0 Å². The van der Waals surface area contributed by atoms with Gasteiger partial charge >= 0.3 is 0 Å². The average molecular weight is 298 g/mol. The highest BCUT2D eigenvalue weighted by atomic mass is 16.5. The summed E-state index contributed by atoms with van der Waals surface area (Å²) in [6.45, 7) is 4.53. The molecule has 0 amide bonds. The molecule has 0 spiro atoms. The summed E-state index contributed by atoms with van der Waals surface area (Å²) in [7, 11) is 3.41. The lowest BCUT2D eigenvalue weighted by Gasteiger charge is -2.26. The second kappa shape index (κ2) is 7.88. The van der Waals surface area contributed by atoms with Crippen LogP contribution in [0.4, 0.5) is 0 Å². The molecule has 0 aliphatic carbocycles. The number of hydrogen-bond acceptors (Lipinski definition) is 2. The van der Waals surface area contributed by atoms with Crippen molar-refractivity contribution < 1.29 is 9.47 Å². The Kier molecular flexibility index (Phi) is 5.88. The van der Waals surface area contributed by atoms with Crippen molar-refractivity contribution in [2.75, 3.05) is 14.2 Å². The lowest BCUT2D eigenvalue weighted by atomic mass is 9.78. The van der Waals surface area contributed by atoms with E-state index in [-0.39, 0.29) is 0 Å². The Balaban J connectivity index is 2.28. The van der Waals surface area contributed by atoms with Crippen LogP contribution in [0.5, 0.6) is 11.5 Å². The van der Waals surface area contributed by atoms with E-state index in [4.69, 9.17) is 9.47 Å². The molecule has 0 aromatic heterocycles. The molecule has 0 saturated carbocycles. The Morgan fingerprint density at radius 3 is 1.18 bits per heavy atom. The predicted molar refractivity (Wildman–Crippen MR) is 92.1 cm³/mol. The Hall–Kier alpha value is -1.96. The minimum Gasteiger partial charge on any atom is -0.497 e. The van der Waals surface area contributed by atoms with Crippen LogP contribution in [0, 0.1) is 0 Å². The van der Waals surface area contributed by atoms with Gasteiger partial charge in [-0.2, -0.15) is 0 Å². The molecule has 2 unspecified atom stereocenters. The van der Waals surface area contributed by atoms with Crippen molar-refractivity contribution in [2.24, 2.45) is 0 Å². The maximum Gasteiger partial charge on any atom is 0.118 e. The first-order chi connectivity index (χ1) is 10.7. The molecule has 0 heterocycles. The van der Waals surface area contributed by atoms with Gasteiger partial charge in [0.2, 0.25) is 0 Å². The fourth-order valence-electron chi connectivity index (χ4n) is 3.21. The molecule has 2 heteroatoms. The molecule has 2 aromatic rings. The summed E-state index contributed by atoms with van der Waals surface area (Å²) < 4.78 is 10.5. The van der Waals surface area contributed by atoms with E-state index < -0.39 is 0 Å². The topological polar surface area (TPSA) is 18.5 Å². The highest BCUT2D eigenvalue weighted by Gasteiger charge is 2.22. The molecule has 0 saturated heterocycles. The highest BCUT2D eigenvalue weighted by molar-refractivity contribution is 5.35. The van der Waals surface area contributed by atoms with Gasteiger partial charge in [-0.25, -0.2) is 0 Å². The van der Waals surface area contributed by atoms with Crippen LogP contribution in [0.2, 0.25) is 0 Å². The first-order valence-electron chi connectivity index (χ1n) is 8.01. The third-order valence-corrected chi connectivity index (χ3v) is 4.45. The van der Waals surface area contributed by atoms with Crippen LogP contribution < -0.4 is 9.47 Å². The standard InChI is InChI=1S/C20H26O2/c1-5-19(15-7-11-17(21-3)12-8-15)20(6-2)16-9-13-18(22-4)14-10-16/h7-14,19-20H,5-6H2,1-4H3. The molecule has 0 aliphatic heterocycles. The number of benzene rings is 2. The molecule has 2 rings (SSSR count). The molecule has 0 bridgehead atoms. The Morgan fingerprint density at radius 2 is 0.955 bits per heavy atom. The van der Waals surface area contributed by atoms with E-state index >= 15 is 0 Å². The fraction of sp³-hybridized carbons (Fsp3) is 0.400. The number of rotatable bonds is 7. The van der Waals surface area contributed by atoms with E-state index in [2.05, 4.69) is 62.4 Å². The molecule has 0 N–H and O–H groups in total. The summed E-state index contributed by atoms with van der Waals surface area (Å²) >= 11 is 0. The SMILES string of the molecule is CCC(c1ccc(OC)cc1)C(CC)c1ccc(OC)cc1. The summed E-state index contributed by atoms with van der Waals surface area (Å²) in [4.78, 5) is 0. The number of methoxy groups -OCH3 is 2. The van der Waals surface area contributed by atoms with Gasteiger partial charge in [-0.3, -0.25) is 0 Å². The lowest BCUT2D eigenvalue weighted by molar-refractivity contribution is 0.413. The molecule has 22 heavy (non-hydrogen) atoms. The van der Waals surface area contributed by atoms with E-state index in [1.807, 2.05) is 0 Å². The van der Waals surface area contributed by atoms with Crippen molar-refractivity contribution in [1.82, 2.24) is 0 Å². The van der Waals surface area contributed by atoms with E-state index in [0.717, 1.165) is 24.3 Å². The van der Waals surface area contributed by atoms with Crippen molar-refractivity contribution in [3.8, 4) is 11.5 Å². The monoisotopic (exact) mass is 298 g/mol. The molecular formula is C20H26O2. The van der Waals surface area contributed by atoms with Crippen LogP contribution in [-0.4, -0.2) is 14.2 Å². The van der Waals surface area contributed by atoms with Crippen molar-refractivity contribution in [1.29, 1.82) is 0 Å². The maximum atomic E-state index is 5.27. The Labute approximate surface area is 134 Å². The van der Waals surface area contributed by atoms with Crippen LogP contribution in [0.1, 0.15) is 49.7 Å². The largest absolute Gasteiger partial charge is 0.497 e. The van der Waals surface area contributed by atoms with Gasteiger partial charge < -0.3 is 9.47 Å². The number of hydrogen-bond donors (Lipinski definition) is 0. The van der Waals surface area contributed by atoms with Gasteiger partial charge in [0.05, 0.1) is 14.2 Å². The van der Waals surface area contributed by atoms with Gasteiger partial charge in [-0.05, 0) is 60.1 Å². The van der Waals surface area contributed by atoms with Crippen molar-refractivity contribution in [3.05, 3.63) is 59.7 Å². The zero-order valence-corrected chi connectivity index (χ0v) is 14.0. The smallest absolute Gasteiger partial charge is 0.118 e. The van der Waals surface area contributed by atoms with Crippen LogP contribution in [0.15, 0.2) is 48.5 Å². The van der Waals surface area contributed by atoms with Gasteiger partial charge in [-0.1, -0.05) is 38.1 Å². The second-order valence-electron chi connectivity index (χ2n) is 5.58. The third-order valence-electron chi connectivity index (χ3n) is 4.45. The molecule has 118 valence electrons. The lowest BCUT2D eigenvalue weighted by Crippen LogP contribution is -2.10. The summed E-state index contributed by atoms with van der Waals surface area (Å²) in [5, 5.41) is 0. The molecule has 0 aliphatic rings. The summed E-state index contributed by atoms with van der Waals surface area (Å²) in [6.07, 6.45) is 2.24. The number of ether oxygens (including phenoxy) is 2. The summed E-state index contributed by atoms with van der Waals surface area (Å²) in [6, 6.07) is 17.0. The highest BCUT2D eigenvalue weighted by Crippen LogP contribution is 2.38. The zero-order valence-electron chi connectivity index (χ0n) is 14.0. The first-order valence-corrected chi connectivity index (χ1v) is 8.01. The molecule has 2 aromatic carbocycles. The van der Waals surface area contributed by atoms with E-state index in [9.17, 15) is 0 Å².